The van der Waals surface area contributed by atoms with Crippen LogP contribution in [-0.2, 0) is 52.4 Å². The van der Waals surface area contributed by atoms with Crippen LogP contribution in [0.15, 0.2) is 78.6 Å². The number of likely N-dealkylation sites (tertiary alicyclic amines) is 1. The second kappa shape index (κ2) is 26.5. The maximum absolute atomic E-state index is 14.0. The number of hydrogen-bond donors (Lipinski definition) is 4. The van der Waals surface area contributed by atoms with Gasteiger partial charge in [-0.1, -0.05) is 82.6 Å². The summed E-state index contributed by atoms with van der Waals surface area (Å²) in [6.45, 7) is 13.3. The van der Waals surface area contributed by atoms with Crippen LogP contribution in [0.1, 0.15) is 100 Å². The van der Waals surface area contributed by atoms with Gasteiger partial charge in [0, 0.05) is 62.7 Å². The lowest BCUT2D eigenvalue weighted by Gasteiger charge is -2.35. The summed E-state index contributed by atoms with van der Waals surface area (Å²) < 4.78 is 48.3. The van der Waals surface area contributed by atoms with E-state index in [-0.39, 0.29) is 51.2 Å². The number of amides is 3. The van der Waals surface area contributed by atoms with Gasteiger partial charge in [0.15, 0.2) is 5.75 Å². The summed E-state index contributed by atoms with van der Waals surface area (Å²) in [6.07, 6.45) is 6.10. The SMILES string of the molecule is Cc1ncsc1-c1ccc(CNC(=O)[C@@H]2C[C@@H](O)CN2C(=O)[C@@H](NC(=O)COCCCOCCCCCOc2c(Cl)cc(C(C)(C)c3ccc(OCc4cnc(NS(C)(=O)=O)nc4)cc3)cc2C#N)C(C)(C)C)cc1. The van der Waals surface area contributed by atoms with Gasteiger partial charge in [0.1, 0.15) is 37.1 Å². The third-order valence-corrected chi connectivity index (χ3v) is 14.4. The van der Waals surface area contributed by atoms with E-state index in [1.54, 1.807) is 17.4 Å². The third kappa shape index (κ3) is 16.9. The van der Waals surface area contributed by atoms with Crippen molar-refractivity contribution in [1.29, 1.82) is 5.26 Å². The molecule has 5 aromatic rings. The van der Waals surface area contributed by atoms with Gasteiger partial charge >= 0.3 is 0 Å². The average molecular weight is 1090 g/mol. The molecule has 18 nitrogen and oxygen atoms in total. The smallest absolute Gasteiger partial charge is 0.246 e. The Hall–Kier alpha value is -6.21. The van der Waals surface area contributed by atoms with Crippen LogP contribution in [0.3, 0.4) is 0 Å². The minimum absolute atomic E-state index is 0.0190. The fourth-order valence-electron chi connectivity index (χ4n) is 8.30. The molecule has 2 aromatic heterocycles. The molecule has 3 heterocycles. The number of halogens is 1. The minimum Gasteiger partial charge on any atom is -0.491 e. The number of aromatic nitrogens is 3. The number of thiazole rings is 1. The van der Waals surface area contributed by atoms with Crippen LogP contribution in [0.25, 0.3) is 10.4 Å². The molecule has 1 fully saturated rings. The van der Waals surface area contributed by atoms with Crippen molar-refractivity contribution in [3.05, 3.63) is 117 Å². The monoisotopic (exact) mass is 1090 g/mol. The molecule has 6 rings (SSSR count). The Morgan fingerprint density at radius 2 is 1.57 bits per heavy atom. The molecule has 0 unspecified atom stereocenters. The number of aliphatic hydroxyl groups excluding tert-OH is 1. The van der Waals surface area contributed by atoms with E-state index >= 15 is 0 Å². The number of rotatable bonds is 26. The first-order valence-corrected chi connectivity index (χ1v) is 27.9. The summed E-state index contributed by atoms with van der Waals surface area (Å²) in [6, 6.07) is 19.4. The summed E-state index contributed by atoms with van der Waals surface area (Å²) in [7, 11) is -3.48. The van der Waals surface area contributed by atoms with Crippen LogP contribution in [-0.4, -0.2) is 115 Å². The minimum atomic E-state index is -3.48. The van der Waals surface area contributed by atoms with Gasteiger partial charge in [-0.2, -0.15) is 5.26 Å². The average Bonchev–Trinajstić information content (AvgIpc) is 3.99. The lowest BCUT2D eigenvalue weighted by Crippen LogP contribution is -2.58. The first kappa shape index (κ1) is 58.1. The van der Waals surface area contributed by atoms with E-state index in [4.69, 9.17) is 30.5 Å². The number of nitrogens with zero attached hydrogens (tertiary/aromatic N) is 5. The van der Waals surface area contributed by atoms with Crippen molar-refractivity contribution in [3.8, 4) is 28.0 Å². The van der Waals surface area contributed by atoms with Crippen molar-refractivity contribution < 1.29 is 46.9 Å². The number of ether oxygens (including phenoxy) is 4. The Kier molecular flexibility index (Phi) is 20.5. The third-order valence-electron chi connectivity index (χ3n) is 12.6. The molecule has 0 aliphatic carbocycles. The quantitative estimate of drug-likeness (QED) is 0.0392. The highest BCUT2D eigenvalue weighted by molar-refractivity contribution is 7.92. The number of carbonyl (C=O) groups excluding carboxylic acids is 3. The molecule has 0 saturated carbocycles. The first-order chi connectivity index (χ1) is 35.6. The van der Waals surface area contributed by atoms with Crippen molar-refractivity contribution in [1.82, 2.24) is 30.5 Å². The fourth-order valence-corrected chi connectivity index (χ4v) is 9.83. The number of aryl methyl sites for hydroxylation is 1. The molecule has 1 aliphatic heterocycles. The number of anilines is 1. The lowest BCUT2D eigenvalue weighted by atomic mass is 9.77. The molecule has 0 spiro atoms. The van der Waals surface area contributed by atoms with E-state index in [1.807, 2.05) is 102 Å². The molecule has 4 N–H and O–H groups in total. The highest BCUT2D eigenvalue weighted by Gasteiger charge is 2.44. The highest BCUT2D eigenvalue weighted by Crippen LogP contribution is 2.39. The lowest BCUT2D eigenvalue weighted by molar-refractivity contribution is -0.144. The van der Waals surface area contributed by atoms with Crippen molar-refractivity contribution in [2.24, 2.45) is 5.41 Å². The van der Waals surface area contributed by atoms with Crippen molar-refractivity contribution >= 4 is 56.6 Å². The van der Waals surface area contributed by atoms with Gasteiger partial charge in [-0.05, 0) is 84.5 Å². The van der Waals surface area contributed by atoms with Crippen LogP contribution in [0, 0.1) is 23.7 Å². The zero-order valence-electron chi connectivity index (χ0n) is 43.5. The number of unbranched alkanes of at least 4 members (excludes halogenated alkanes) is 2. The van der Waals surface area contributed by atoms with E-state index in [9.17, 15) is 33.2 Å². The molecule has 0 radical (unpaired) electrons. The Bertz CT molecular complexity index is 2870. The number of β-amino-alcohol motifs (C(OH)–C–C–N with tert-alkyl or cyclic N) is 1. The number of benzene rings is 3. The largest absolute Gasteiger partial charge is 0.491 e. The van der Waals surface area contributed by atoms with E-state index in [0.29, 0.717) is 53.9 Å². The number of hydrogen-bond acceptors (Lipinski definition) is 15. The summed E-state index contributed by atoms with van der Waals surface area (Å²) in [5, 5.41) is 26.7. The predicted molar refractivity (Wildman–Crippen MR) is 287 cm³/mol. The summed E-state index contributed by atoms with van der Waals surface area (Å²) >= 11 is 8.30. The number of carbonyl (C=O) groups is 3. The zero-order valence-corrected chi connectivity index (χ0v) is 45.9. The maximum atomic E-state index is 14.0. The van der Waals surface area contributed by atoms with E-state index in [1.165, 1.54) is 17.3 Å². The van der Waals surface area contributed by atoms with Gasteiger partial charge in [0.2, 0.25) is 33.7 Å². The highest BCUT2D eigenvalue weighted by atomic mass is 35.5. The number of nitriles is 1. The van der Waals surface area contributed by atoms with Gasteiger partial charge in [-0.25, -0.2) is 23.4 Å². The number of aliphatic hydroxyl groups is 1. The Morgan fingerprint density at radius 1 is 0.893 bits per heavy atom. The Morgan fingerprint density at radius 3 is 2.23 bits per heavy atom. The molecule has 1 saturated heterocycles. The van der Waals surface area contributed by atoms with Gasteiger partial charge in [-0.3, -0.25) is 19.1 Å². The van der Waals surface area contributed by atoms with Gasteiger partial charge in [0.25, 0.3) is 0 Å². The molecule has 3 aromatic carbocycles. The molecule has 1 aliphatic rings. The summed E-state index contributed by atoms with van der Waals surface area (Å²) in [5.41, 5.74) is 6.28. The van der Waals surface area contributed by atoms with E-state index < -0.39 is 50.9 Å². The predicted octanol–water partition coefficient (Wildman–Crippen LogP) is 7.49. The van der Waals surface area contributed by atoms with Gasteiger partial charge < -0.3 is 39.6 Å². The molecular formula is C54H67ClN8O10S2. The molecule has 402 valence electrons. The second-order valence-electron chi connectivity index (χ2n) is 20.0. The summed E-state index contributed by atoms with van der Waals surface area (Å²) in [4.78, 5) is 55.3. The van der Waals surface area contributed by atoms with Crippen LogP contribution in [0.4, 0.5) is 5.95 Å². The molecule has 75 heavy (non-hydrogen) atoms. The van der Waals surface area contributed by atoms with Gasteiger partial charge in [-0.15, -0.1) is 11.3 Å². The normalized spacial score (nSPS) is 15.2. The molecule has 3 amide bonds. The standard InChI is InChI=1S/C54H67ClN8O10S2/c1-35-48(74-34-60-35)38-14-12-36(13-15-38)28-57-50(66)45-26-42(64)31-63(45)51(67)49(53(2,3)4)61-46(65)33-71-22-11-21-70-20-9-8-10-23-72-47-39(27-56)24-41(25-44(47)55)54(5,6)40-16-18-43(19-17-40)73-32-37-29-58-52(59-30-37)62-75(7,68)69/h12-19,24-25,29-30,34,42,45,49,64H,8-11,20-23,26,28,31-33H2,1-7H3,(H,57,66)(H,61,65)(H,58,59,62)/t42-,45+,49-/m1/s1. The zero-order chi connectivity index (χ0) is 54.3. The Labute approximate surface area is 448 Å². The van der Waals surface area contributed by atoms with Crippen LogP contribution < -0.4 is 24.8 Å². The fraction of sp³-hybridized carbons (Fsp3) is 0.463. The van der Waals surface area contributed by atoms with E-state index in [2.05, 4.69) is 36.4 Å². The van der Waals surface area contributed by atoms with Crippen molar-refractivity contribution in [2.45, 2.75) is 110 Å². The maximum Gasteiger partial charge on any atom is 0.246 e. The second-order valence-corrected chi connectivity index (χ2v) is 23.1. The van der Waals surface area contributed by atoms with Crippen LogP contribution in [0.5, 0.6) is 11.5 Å². The number of nitrogens with one attached hydrogen (secondary N) is 3. The number of sulfonamides is 1. The first-order valence-electron chi connectivity index (χ1n) is 24.7. The molecule has 21 heteroatoms. The van der Waals surface area contributed by atoms with Crippen LogP contribution >= 0.6 is 22.9 Å². The van der Waals surface area contributed by atoms with Crippen molar-refractivity contribution in [3.63, 3.8) is 0 Å². The molecule has 3 atom stereocenters. The summed E-state index contributed by atoms with van der Waals surface area (Å²) in [5.74, 6) is -0.353. The van der Waals surface area contributed by atoms with Crippen molar-refractivity contribution in [2.75, 3.05) is 50.6 Å². The van der Waals surface area contributed by atoms with Crippen LogP contribution in [0.2, 0.25) is 5.02 Å². The Balaban J connectivity index is 0.851. The molecular weight excluding hydrogens is 1020 g/mol. The van der Waals surface area contributed by atoms with Gasteiger partial charge in [0.05, 0.1) is 45.6 Å². The van der Waals surface area contributed by atoms with E-state index in [0.717, 1.165) is 58.3 Å². The topological polar surface area (TPSA) is 244 Å². The molecule has 0 bridgehead atoms.